The number of nitrogens with one attached hydrogen (secondary N) is 2. The SMILES string of the molecule is CCNC(=NCc1ccc(OC)c(OC)c1OC)NCC(C)(C)c1cccs1. The highest BCUT2D eigenvalue weighted by Gasteiger charge is 2.22. The van der Waals surface area contributed by atoms with Crippen molar-refractivity contribution >= 4 is 17.3 Å². The molecule has 0 spiro atoms. The molecular formula is C21H31N3O3S. The van der Waals surface area contributed by atoms with E-state index in [1.165, 1.54) is 4.88 Å². The first-order valence-corrected chi connectivity index (χ1v) is 10.2. The maximum Gasteiger partial charge on any atom is 0.203 e. The molecule has 0 aliphatic carbocycles. The molecule has 0 fully saturated rings. The van der Waals surface area contributed by atoms with Crippen molar-refractivity contribution in [3.8, 4) is 17.2 Å². The second-order valence-electron chi connectivity index (χ2n) is 6.90. The molecule has 1 heterocycles. The zero-order valence-electron chi connectivity index (χ0n) is 17.6. The van der Waals surface area contributed by atoms with Gasteiger partial charge in [-0.25, -0.2) is 4.99 Å². The number of benzene rings is 1. The number of rotatable bonds is 9. The van der Waals surface area contributed by atoms with E-state index in [1.54, 1.807) is 32.7 Å². The number of nitrogens with zero attached hydrogens (tertiary/aromatic N) is 1. The summed E-state index contributed by atoms with van der Waals surface area (Å²) < 4.78 is 16.4. The summed E-state index contributed by atoms with van der Waals surface area (Å²) in [4.78, 5) is 6.07. The smallest absolute Gasteiger partial charge is 0.203 e. The van der Waals surface area contributed by atoms with Gasteiger partial charge in [0.05, 0.1) is 27.9 Å². The lowest BCUT2D eigenvalue weighted by atomic mass is 9.91. The third-order valence-corrected chi connectivity index (χ3v) is 5.66. The molecule has 0 radical (unpaired) electrons. The number of hydrogen-bond acceptors (Lipinski definition) is 5. The lowest BCUT2D eigenvalue weighted by molar-refractivity contribution is 0.322. The quantitative estimate of drug-likeness (QED) is 0.491. The van der Waals surface area contributed by atoms with Crippen LogP contribution in [0.3, 0.4) is 0 Å². The summed E-state index contributed by atoms with van der Waals surface area (Å²) in [7, 11) is 4.83. The summed E-state index contributed by atoms with van der Waals surface area (Å²) in [6.45, 7) is 8.53. The van der Waals surface area contributed by atoms with Gasteiger partial charge in [0.1, 0.15) is 0 Å². The molecule has 0 atom stereocenters. The van der Waals surface area contributed by atoms with Gasteiger partial charge < -0.3 is 24.8 Å². The average Bonchev–Trinajstić information content (AvgIpc) is 3.25. The van der Waals surface area contributed by atoms with Crippen LogP contribution < -0.4 is 24.8 Å². The van der Waals surface area contributed by atoms with E-state index in [0.717, 1.165) is 24.6 Å². The molecule has 0 unspecified atom stereocenters. The van der Waals surface area contributed by atoms with E-state index in [1.807, 2.05) is 12.1 Å². The summed E-state index contributed by atoms with van der Waals surface area (Å²) in [5, 5.41) is 8.87. The van der Waals surface area contributed by atoms with Gasteiger partial charge in [-0.3, -0.25) is 0 Å². The summed E-state index contributed by atoms with van der Waals surface area (Å²) in [6.07, 6.45) is 0. The molecule has 0 bridgehead atoms. The number of ether oxygens (including phenoxy) is 3. The van der Waals surface area contributed by atoms with Crippen LogP contribution in [-0.2, 0) is 12.0 Å². The maximum absolute atomic E-state index is 5.55. The molecule has 154 valence electrons. The molecule has 1 aromatic heterocycles. The van der Waals surface area contributed by atoms with Crippen molar-refractivity contribution < 1.29 is 14.2 Å². The average molecular weight is 406 g/mol. The molecule has 2 rings (SSSR count). The van der Waals surface area contributed by atoms with Crippen LogP contribution in [-0.4, -0.2) is 40.4 Å². The lowest BCUT2D eigenvalue weighted by Crippen LogP contribution is -2.43. The number of hydrogen-bond donors (Lipinski definition) is 2. The molecule has 7 heteroatoms. The molecule has 6 nitrogen and oxygen atoms in total. The van der Waals surface area contributed by atoms with Crippen molar-refractivity contribution in [3.63, 3.8) is 0 Å². The van der Waals surface area contributed by atoms with Gasteiger partial charge in [0.2, 0.25) is 5.75 Å². The van der Waals surface area contributed by atoms with Crippen LogP contribution in [0, 0.1) is 0 Å². The number of thiophene rings is 1. The minimum atomic E-state index is 0.0192. The second kappa shape index (κ2) is 10.2. The van der Waals surface area contributed by atoms with Crippen molar-refractivity contribution in [2.75, 3.05) is 34.4 Å². The molecule has 1 aromatic carbocycles. The Labute approximate surface area is 171 Å². The van der Waals surface area contributed by atoms with E-state index in [0.29, 0.717) is 23.8 Å². The van der Waals surface area contributed by atoms with E-state index in [-0.39, 0.29) is 5.41 Å². The molecular weight excluding hydrogens is 374 g/mol. The van der Waals surface area contributed by atoms with Gasteiger partial charge in [-0.05, 0) is 30.5 Å². The van der Waals surface area contributed by atoms with Crippen LogP contribution in [0.1, 0.15) is 31.2 Å². The Kier molecular flexibility index (Phi) is 7.99. The van der Waals surface area contributed by atoms with Gasteiger partial charge in [-0.2, -0.15) is 0 Å². The molecule has 28 heavy (non-hydrogen) atoms. The Morgan fingerprint density at radius 1 is 1.04 bits per heavy atom. The first kappa shape index (κ1) is 21.9. The van der Waals surface area contributed by atoms with Gasteiger partial charge >= 0.3 is 0 Å². The van der Waals surface area contributed by atoms with Crippen molar-refractivity contribution in [1.29, 1.82) is 0 Å². The standard InChI is InChI=1S/C21H31N3O3S/c1-7-22-20(24-14-21(2,3)17-9-8-12-28-17)23-13-15-10-11-16(25-4)19(27-6)18(15)26-5/h8-12H,7,13-14H2,1-6H3,(H2,22,23,24). The molecule has 2 N–H and O–H groups in total. The maximum atomic E-state index is 5.55. The van der Waals surface area contributed by atoms with Crippen molar-refractivity contribution in [1.82, 2.24) is 10.6 Å². The zero-order valence-corrected chi connectivity index (χ0v) is 18.4. The predicted molar refractivity (Wildman–Crippen MR) is 116 cm³/mol. The second-order valence-corrected chi connectivity index (χ2v) is 7.85. The number of methoxy groups -OCH3 is 3. The molecule has 0 amide bonds. The summed E-state index contributed by atoms with van der Waals surface area (Å²) >= 11 is 1.78. The first-order chi connectivity index (χ1) is 13.5. The van der Waals surface area contributed by atoms with Crippen LogP contribution in [0.25, 0.3) is 0 Å². The predicted octanol–water partition coefficient (Wildman–Crippen LogP) is 3.81. The molecule has 0 aliphatic rings. The van der Waals surface area contributed by atoms with E-state index in [2.05, 4.69) is 48.9 Å². The van der Waals surface area contributed by atoms with E-state index < -0.39 is 0 Å². The Balaban J connectivity index is 2.16. The van der Waals surface area contributed by atoms with Crippen molar-refractivity contribution in [2.45, 2.75) is 32.7 Å². The minimum absolute atomic E-state index is 0.0192. The van der Waals surface area contributed by atoms with Crippen LogP contribution in [0.5, 0.6) is 17.2 Å². The van der Waals surface area contributed by atoms with Gasteiger partial charge in [-0.1, -0.05) is 19.9 Å². The third-order valence-electron chi connectivity index (χ3n) is 4.42. The lowest BCUT2D eigenvalue weighted by Gasteiger charge is -2.25. The summed E-state index contributed by atoms with van der Waals surface area (Å²) in [5.74, 6) is 2.62. The molecule has 0 saturated heterocycles. The summed E-state index contributed by atoms with van der Waals surface area (Å²) in [6, 6.07) is 8.07. The van der Waals surface area contributed by atoms with Crippen LogP contribution in [0.15, 0.2) is 34.6 Å². The first-order valence-electron chi connectivity index (χ1n) is 9.30. The largest absolute Gasteiger partial charge is 0.493 e. The normalized spacial score (nSPS) is 11.9. The highest BCUT2D eigenvalue weighted by atomic mass is 32.1. The van der Waals surface area contributed by atoms with Crippen LogP contribution >= 0.6 is 11.3 Å². The monoisotopic (exact) mass is 405 g/mol. The van der Waals surface area contributed by atoms with E-state index in [9.17, 15) is 0 Å². The Morgan fingerprint density at radius 2 is 1.79 bits per heavy atom. The fraction of sp³-hybridized carbons (Fsp3) is 0.476. The number of guanidine groups is 1. The van der Waals surface area contributed by atoms with Gasteiger partial charge in [0, 0.05) is 28.9 Å². The van der Waals surface area contributed by atoms with Gasteiger partial charge in [-0.15, -0.1) is 11.3 Å². The number of aliphatic imine (C=N–C) groups is 1. The molecule has 0 saturated carbocycles. The van der Waals surface area contributed by atoms with E-state index >= 15 is 0 Å². The molecule has 0 aliphatic heterocycles. The fourth-order valence-corrected chi connectivity index (χ4v) is 3.70. The van der Waals surface area contributed by atoms with Crippen LogP contribution in [0.4, 0.5) is 0 Å². The topological polar surface area (TPSA) is 64.1 Å². The highest BCUT2D eigenvalue weighted by molar-refractivity contribution is 7.10. The van der Waals surface area contributed by atoms with Gasteiger partial charge in [0.15, 0.2) is 17.5 Å². The Bertz CT molecular complexity index is 773. The third kappa shape index (κ3) is 5.32. The minimum Gasteiger partial charge on any atom is -0.493 e. The molecule has 2 aromatic rings. The highest BCUT2D eigenvalue weighted by Crippen LogP contribution is 2.40. The Morgan fingerprint density at radius 3 is 2.36 bits per heavy atom. The van der Waals surface area contributed by atoms with Crippen molar-refractivity contribution in [2.24, 2.45) is 4.99 Å². The van der Waals surface area contributed by atoms with Gasteiger partial charge in [0.25, 0.3) is 0 Å². The van der Waals surface area contributed by atoms with Crippen LogP contribution in [0.2, 0.25) is 0 Å². The van der Waals surface area contributed by atoms with E-state index in [4.69, 9.17) is 19.2 Å². The Hall–Kier alpha value is -2.41. The fourth-order valence-electron chi connectivity index (χ4n) is 2.85. The zero-order chi connectivity index (χ0) is 20.6. The summed E-state index contributed by atoms with van der Waals surface area (Å²) in [5.41, 5.74) is 0.945. The van der Waals surface area contributed by atoms with Crippen molar-refractivity contribution in [3.05, 3.63) is 40.1 Å².